The van der Waals surface area contributed by atoms with E-state index in [1.807, 2.05) is 36.4 Å². The number of aliphatic hydroxyl groups excluding tert-OH is 1. The maximum Gasteiger partial charge on any atom is 0.0897 e. The van der Waals surface area contributed by atoms with Crippen LogP contribution in [0.1, 0.15) is 30.1 Å². The van der Waals surface area contributed by atoms with Gasteiger partial charge in [0.2, 0.25) is 0 Å². The molecule has 0 aliphatic heterocycles. The van der Waals surface area contributed by atoms with Gasteiger partial charge in [-0.2, -0.15) is 0 Å². The van der Waals surface area contributed by atoms with Gasteiger partial charge in [-0.3, -0.25) is 0 Å². The van der Waals surface area contributed by atoms with E-state index in [0.29, 0.717) is 0 Å². The highest BCUT2D eigenvalue weighted by molar-refractivity contribution is 9.11. The summed E-state index contributed by atoms with van der Waals surface area (Å²) in [6, 6.07) is 16.3. The number of rotatable bonds is 3. The molecular formula is C16H14Br2O. The van der Waals surface area contributed by atoms with Crippen molar-refractivity contribution in [2.45, 2.75) is 24.4 Å². The Morgan fingerprint density at radius 2 is 1.68 bits per heavy atom. The van der Waals surface area contributed by atoms with Gasteiger partial charge in [-0.1, -0.05) is 62.2 Å². The standard InChI is InChI=1S/C16H14Br2O/c17-12-6-7-14(18)13(10-12)15(19)16(8-9-16)11-4-2-1-3-5-11/h1-7,10,15,19H,8-9H2. The molecule has 1 aliphatic rings. The smallest absolute Gasteiger partial charge is 0.0897 e. The SMILES string of the molecule is OC(c1cc(Br)ccc1Br)C1(c2ccccc2)CC1. The largest absolute Gasteiger partial charge is 0.387 e. The summed E-state index contributed by atoms with van der Waals surface area (Å²) in [4.78, 5) is 0. The molecule has 0 radical (unpaired) electrons. The molecule has 0 spiro atoms. The molecule has 98 valence electrons. The molecule has 0 heterocycles. The molecule has 0 aromatic heterocycles. The lowest BCUT2D eigenvalue weighted by Crippen LogP contribution is -2.18. The van der Waals surface area contributed by atoms with Crippen LogP contribution >= 0.6 is 31.9 Å². The highest BCUT2D eigenvalue weighted by Gasteiger charge is 2.51. The first kappa shape index (κ1) is 13.3. The number of benzene rings is 2. The first-order valence-electron chi connectivity index (χ1n) is 6.32. The summed E-state index contributed by atoms with van der Waals surface area (Å²) in [5.74, 6) is 0. The minimum Gasteiger partial charge on any atom is -0.387 e. The van der Waals surface area contributed by atoms with E-state index >= 15 is 0 Å². The predicted octanol–water partition coefficient (Wildman–Crippen LogP) is 4.98. The minimum atomic E-state index is -0.471. The molecule has 1 saturated carbocycles. The maximum absolute atomic E-state index is 10.8. The molecule has 0 saturated heterocycles. The van der Waals surface area contributed by atoms with Crippen LogP contribution in [0.4, 0.5) is 0 Å². The molecule has 1 N–H and O–H groups in total. The van der Waals surface area contributed by atoms with Gasteiger partial charge in [0.15, 0.2) is 0 Å². The zero-order valence-electron chi connectivity index (χ0n) is 10.3. The van der Waals surface area contributed by atoms with Gasteiger partial charge in [-0.25, -0.2) is 0 Å². The summed E-state index contributed by atoms with van der Waals surface area (Å²) in [6.45, 7) is 0. The lowest BCUT2D eigenvalue weighted by molar-refractivity contribution is 0.132. The van der Waals surface area contributed by atoms with Gasteiger partial charge in [0.25, 0.3) is 0 Å². The predicted molar refractivity (Wildman–Crippen MR) is 84.2 cm³/mol. The second-order valence-electron chi connectivity index (χ2n) is 5.09. The molecule has 1 fully saturated rings. The van der Waals surface area contributed by atoms with Crippen LogP contribution in [0.15, 0.2) is 57.5 Å². The quantitative estimate of drug-likeness (QED) is 0.795. The first-order chi connectivity index (χ1) is 9.13. The Labute approximate surface area is 129 Å². The lowest BCUT2D eigenvalue weighted by atomic mass is 9.86. The number of aliphatic hydroxyl groups is 1. The van der Waals surface area contributed by atoms with Crippen molar-refractivity contribution >= 4 is 31.9 Å². The third kappa shape index (κ3) is 2.39. The number of hydrogen-bond donors (Lipinski definition) is 1. The van der Waals surface area contributed by atoms with Crippen molar-refractivity contribution in [2.24, 2.45) is 0 Å². The lowest BCUT2D eigenvalue weighted by Gasteiger charge is -2.24. The van der Waals surface area contributed by atoms with Crippen molar-refractivity contribution in [2.75, 3.05) is 0 Å². The van der Waals surface area contributed by atoms with Crippen LogP contribution in [-0.2, 0) is 5.41 Å². The normalized spacial score (nSPS) is 18.1. The Morgan fingerprint density at radius 1 is 1.00 bits per heavy atom. The summed E-state index contributed by atoms with van der Waals surface area (Å²) in [5.41, 5.74) is 2.08. The molecule has 1 unspecified atom stereocenters. The fraction of sp³-hybridized carbons (Fsp3) is 0.250. The van der Waals surface area contributed by atoms with Gasteiger partial charge in [-0.15, -0.1) is 0 Å². The van der Waals surface area contributed by atoms with Crippen LogP contribution in [0.5, 0.6) is 0 Å². The van der Waals surface area contributed by atoms with Crippen LogP contribution in [0.3, 0.4) is 0 Å². The van der Waals surface area contributed by atoms with E-state index in [0.717, 1.165) is 27.4 Å². The van der Waals surface area contributed by atoms with E-state index in [1.165, 1.54) is 5.56 Å². The van der Waals surface area contributed by atoms with E-state index in [-0.39, 0.29) is 5.41 Å². The van der Waals surface area contributed by atoms with Crippen molar-refractivity contribution in [3.8, 4) is 0 Å². The third-order valence-corrected chi connectivity index (χ3v) is 5.13. The van der Waals surface area contributed by atoms with Gasteiger partial charge in [0.1, 0.15) is 0 Å². The van der Waals surface area contributed by atoms with Crippen LogP contribution in [-0.4, -0.2) is 5.11 Å². The van der Waals surface area contributed by atoms with E-state index in [4.69, 9.17) is 0 Å². The van der Waals surface area contributed by atoms with Crippen molar-refractivity contribution < 1.29 is 5.11 Å². The Bertz CT molecular complexity index is 591. The van der Waals surface area contributed by atoms with E-state index < -0.39 is 6.10 Å². The summed E-state index contributed by atoms with van der Waals surface area (Å²) in [6.07, 6.45) is 1.61. The molecule has 1 nitrogen and oxygen atoms in total. The highest BCUT2D eigenvalue weighted by atomic mass is 79.9. The zero-order valence-corrected chi connectivity index (χ0v) is 13.5. The molecule has 1 aliphatic carbocycles. The average molecular weight is 382 g/mol. The van der Waals surface area contributed by atoms with Crippen LogP contribution in [0.25, 0.3) is 0 Å². The molecular weight excluding hydrogens is 368 g/mol. The molecule has 0 amide bonds. The second kappa shape index (κ2) is 5.04. The molecule has 2 aromatic rings. The van der Waals surface area contributed by atoms with Gasteiger partial charge in [-0.05, 0) is 42.2 Å². The van der Waals surface area contributed by atoms with Gasteiger partial charge in [0.05, 0.1) is 6.10 Å². The molecule has 0 bridgehead atoms. The third-order valence-electron chi connectivity index (χ3n) is 3.91. The summed E-state index contributed by atoms with van der Waals surface area (Å²) in [7, 11) is 0. The van der Waals surface area contributed by atoms with Crippen molar-refractivity contribution in [3.63, 3.8) is 0 Å². The Balaban J connectivity index is 2.00. The second-order valence-corrected chi connectivity index (χ2v) is 6.86. The summed E-state index contributed by atoms with van der Waals surface area (Å²) < 4.78 is 1.96. The zero-order chi connectivity index (χ0) is 13.5. The number of halogens is 2. The average Bonchev–Trinajstić information content (AvgIpc) is 3.23. The Kier molecular flexibility index (Phi) is 3.54. The molecule has 19 heavy (non-hydrogen) atoms. The van der Waals surface area contributed by atoms with Crippen LogP contribution in [0, 0.1) is 0 Å². The van der Waals surface area contributed by atoms with Crippen LogP contribution in [0.2, 0.25) is 0 Å². The summed E-state index contributed by atoms with van der Waals surface area (Å²) in [5, 5.41) is 10.8. The van der Waals surface area contributed by atoms with E-state index in [2.05, 4.69) is 44.0 Å². The molecule has 3 heteroatoms. The Hall–Kier alpha value is -0.640. The van der Waals surface area contributed by atoms with E-state index in [1.54, 1.807) is 0 Å². The highest BCUT2D eigenvalue weighted by Crippen LogP contribution is 2.57. The minimum absolute atomic E-state index is 0.107. The Morgan fingerprint density at radius 3 is 2.32 bits per heavy atom. The van der Waals surface area contributed by atoms with Gasteiger partial charge >= 0.3 is 0 Å². The molecule has 3 rings (SSSR count). The van der Waals surface area contributed by atoms with Crippen molar-refractivity contribution in [1.82, 2.24) is 0 Å². The topological polar surface area (TPSA) is 20.2 Å². The fourth-order valence-electron chi connectivity index (χ4n) is 2.65. The fourth-order valence-corrected chi connectivity index (χ4v) is 3.49. The molecule has 2 aromatic carbocycles. The number of hydrogen-bond acceptors (Lipinski definition) is 1. The van der Waals surface area contributed by atoms with E-state index in [9.17, 15) is 5.11 Å². The maximum atomic E-state index is 10.8. The van der Waals surface area contributed by atoms with Crippen molar-refractivity contribution in [1.29, 1.82) is 0 Å². The van der Waals surface area contributed by atoms with Gasteiger partial charge < -0.3 is 5.11 Å². The van der Waals surface area contributed by atoms with Crippen molar-refractivity contribution in [3.05, 3.63) is 68.6 Å². The first-order valence-corrected chi connectivity index (χ1v) is 7.91. The summed E-state index contributed by atoms with van der Waals surface area (Å²) >= 11 is 7.02. The van der Waals surface area contributed by atoms with Crippen LogP contribution < -0.4 is 0 Å². The monoisotopic (exact) mass is 380 g/mol. The molecule has 1 atom stereocenters. The van der Waals surface area contributed by atoms with Gasteiger partial charge in [0, 0.05) is 14.4 Å².